The number of nitrogens with zero attached hydrogens (tertiary/aromatic N) is 1. The van der Waals surface area contributed by atoms with E-state index in [4.69, 9.17) is 0 Å². The molecule has 0 spiro atoms. The first-order chi connectivity index (χ1) is 8.25. The number of aromatic nitrogens is 1. The van der Waals surface area contributed by atoms with Crippen LogP contribution < -0.4 is 0 Å². The molecule has 1 aromatic heterocycles. The third-order valence-corrected chi connectivity index (χ3v) is 3.26. The molecular formula is C16H15N. The maximum absolute atomic E-state index is 4.63. The van der Waals surface area contributed by atoms with Gasteiger partial charge in [-0.2, -0.15) is 0 Å². The van der Waals surface area contributed by atoms with Crippen molar-refractivity contribution in [2.24, 2.45) is 0 Å². The summed E-state index contributed by atoms with van der Waals surface area (Å²) in [5, 5.41) is 3.72. The van der Waals surface area contributed by atoms with Gasteiger partial charge < -0.3 is 0 Å². The second kappa shape index (κ2) is 3.85. The molecule has 0 aliphatic heterocycles. The molecule has 3 aromatic rings. The van der Waals surface area contributed by atoms with Gasteiger partial charge in [0.25, 0.3) is 0 Å². The Morgan fingerprint density at radius 2 is 1.71 bits per heavy atom. The van der Waals surface area contributed by atoms with Gasteiger partial charge >= 0.3 is 0 Å². The van der Waals surface area contributed by atoms with E-state index in [0.29, 0.717) is 5.92 Å². The summed E-state index contributed by atoms with van der Waals surface area (Å²) in [5.41, 5.74) is 2.40. The SMILES string of the molecule is CC(C)c1cnc2c(ccc3ccccc32)c1. The molecule has 0 radical (unpaired) electrons. The molecule has 0 fully saturated rings. The predicted molar refractivity (Wildman–Crippen MR) is 73.3 cm³/mol. The van der Waals surface area contributed by atoms with Gasteiger partial charge in [0.05, 0.1) is 5.52 Å². The summed E-state index contributed by atoms with van der Waals surface area (Å²) in [6, 6.07) is 15.0. The van der Waals surface area contributed by atoms with Crippen LogP contribution in [-0.4, -0.2) is 4.98 Å². The standard InChI is InChI=1S/C16H15N/c1-11(2)14-9-13-8-7-12-5-3-4-6-15(12)16(13)17-10-14/h3-11H,1-2H3. The van der Waals surface area contributed by atoms with Crippen molar-refractivity contribution in [3.63, 3.8) is 0 Å². The van der Waals surface area contributed by atoms with Crippen molar-refractivity contribution in [3.05, 3.63) is 54.2 Å². The molecule has 3 rings (SSSR count). The van der Waals surface area contributed by atoms with Crippen molar-refractivity contribution >= 4 is 21.7 Å². The van der Waals surface area contributed by atoms with Gasteiger partial charge in [-0.1, -0.05) is 50.2 Å². The Kier molecular flexibility index (Phi) is 2.32. The average molecular weight is 221 g/mol. The van der Waals surface area contributed by atoms with Crippen LogP contribution in [0.1, 0.15) is 25.3 Å². The van der Waals surface area contributed by atoms with E-state index in [9.17, 15) is 0 Å². The highest BCUT2D eigenvalue weighted by atomic mass is 14.7. The molecule has 0 amide bonds. The van der Waals surface area contributed by atoms with Crippen LogP contribution in [0.15, 0.2) is 48.7 Å². The number of rotatable bonds is 1. The van der Waals surface area contributed by atoms with E-state index in [2.05, 4.69) is 61.3 Å². The van der Waals surface area contributed by atoms with Crippen molar-refractivity contribution in [2.75, 3.05) is 0 Å². The molecule has 2 aromatic carbocycles. The van der Waals surface area contributed by atoms with Crippen LogP contribution in [0.5, 0.6) is 0 Å². The molecule has 0 atom stereocenters. The van der Waals surface area contributed by atoms with Crippen LogP contribution in [0.3, 0.4) is 0 Å². The summed E-state index contributed by atoms with van der Waals surface area (Å²) in [4.78, 5) is 4.63. The van der Waals surface area contributed by atoms with E-state index in [1.807, 2.05) is 6.20 Å². The van der Waals surface area contributed by atoms with Crippen molar-refractivity contribution in [2.45, 2.75) is 19.8 Å². The van der Waals surface area contributed by atoms with Crippen molar-refractivity contribution < 1.29 is 0 Å². The van der Waals surface area contributed by atoms with Crippen molar-refractivity contribution in [3.8, 4) is 0 Å². The number of benzene rings is 2. The number of pyridine rings is 1. The summed E-state index contributed by atoms with van der Waals surface area (Å²) in [5.74, 6) is 0.526. The Bertz CT molecular complexity index is 683. The molecule has 0 bridgehead atoms. The van der Waals surface area contributed by atoms with Crippen LogP contribution in [0.25, 0.3) is 21.7 Å². The van der Waals surface area contributed by atoms with Crippen LogP contribution >= 0.6 is 0 Å². The van der Waals surface area contributed by atoms with E-state index in [-0.39, 0.29) is 0 Å². The Balaban J connectivity index is 2.37. The van der Waals surface area contributed by atoms with Gasteiger partial charge in [-0.25, -0.2) is 0 Å². The molecule has 0 aliphatic carbocycles. The van der Waals surface area contributed by atoms with E-state index in [0.717, 1.165) is 5.52 Å². The minimum atomic E-state index is 0.526. The van der Waals surface area contributed by atoms with Crippen LogP contribution in [-0.2, 0) is 0 Å². The largest absolute Gasteiger partial charge is 0.255 e. The molecule has 1 nitrogen and oxygen atoms in total. The zero-order valence-corrected chi connectivity index (χ0v) is 10.1. The first-order valence-corrected chi connectivity index (χ1v) is 6.03. The van der Waals surface area contributed by atoms with Gasteiger partial charge in [0.2, 0.25) is 0 Å². The van der Waals surface area contributed by atoms with Gasteiger partial charge in [-0.15, -0.1) is 0 Å². The molecule has 0 aliphatic rings. The predicted octanol–water partition coefficient (Wildman–Crippen LogP) is 4.51. The Labute approximate surface area is 101 Å². The molecule has 0 saturated heterocycles. The molecule has 1 heteroatoms. The van der Waals surface area contributed by atoms with Crippen molar-refractivity contribution in [1.82, 2.24) is 4.98 Å². The lowest BCUT2D eigenvalue weighted by atomic mass is 10.0. The Hall–Kier alpha value is -1.89. The van der Waals surface area contributed by atoms with Crippen LogP contribution in [0, 0.1) is 0 Å². The first-order valence-electron chi connectivity index (χ1n) is 6.03. The monoisotopic (exact) mass is 221 g/mol. The summed E-state index contributed by atoms with van der Waals surface area (Å²) in [6.45, 7) is 4.40. The topological polar surface area (TPSA) is 12.9 Å². The summed E-state index contributed by atoms with van der Waals surface area (Å²) >= 11 is 0. The second-order valence-electron chi connectivity index (χ2n) is 4.78. The zero-order valence-electron chi connectivity index (χ0n) is 10.1. The summed E-state index contributed by atoms with van der Waals surface area (Å²) in [7, 11) is 0. The molecule has 0 N–H and O–H groups in total. The van der Waals surface area contributed by atoms with E-state index < -0.39 is 0 Å². The van der Waals surface area contributed by atoms with E-state index in [1.54, 1.807) is 0 Å². The van der Waals surface area contributed by atoms with Gasteiger partial charge in [0, 0.05) is 17.0 Å². The molecular weight excluding hydrogens is 206 g/mol. The van der Waals surface area contributed by atoms with Crippen LogP contribution in [0.4, 0.5) is 0 Å². The number of fused-ring (bicyclic) bond motifs is 3. The maximum Gasteiger partial charge on any atom is 0.0780 e. The maximum atomic E-state index is 4.63. The third kappa shape index (κ3) is 1.68. The number of hydrogen-bond acceptors (Lipinski definition) is 1. The highest BCUT2D eigenvalue weighted by Crippen LogP contribution is 2.25. The van der Waals surface area contributed by atoms with E-state index >= 15 is 0 Å². The van der Waals surface area contributed by atoms with E-state index in [1.165, 1.54) is 21.7 Å². The Morgan fingerprint density at radius 3 is 2.53 bits per heavy atom. The van der Waals surface area contributed by atoms with Gasteiger partial charge in [0.15, 0.2) is 0 Å². The van der Waals surface area contributed by atoms with Crippen LogP contribution in [0.2, 0.25) is 0 Å². The normalized spacial score (nSPS) is 11.5. The Morgan fingerprint density at radius 1 is 0.941 bits per heavy atom. The number of hydrogen-bond donors (Lipinski definition) is 0. The fraction of sp³-hybridized carbons (Fsp3) is 0.188. The lowest BCUT2D eigenvalue weighted by molar-refractivity contribution is 0.862. The fourth-order valence-corrected chi connectivity index (χ4v) is 2.20. The minimum Gasteiger partial charge on any atom is -0.255 e. The van der Waals surface area contributed by atoms with Gasteiger partial charge in [-0.05, 0) is 22.9 Å². The fourth-order valence-electron chi connectivity index (χ4n) is 2.20. The quantitative estimate of drug-likeness (QED) is 0.551. The highest BCUT2D eigenvalue weighted by Gasteiger charge is 2.04. The third-order valence-electron chi connectivity index (χ3n) is 3.26. The highest BCUT2D eigenvalue weighted by molar-refractivity contribution is 6.05. The lowest BCUT2D eigenvalue weighted by Crippen LogP contribution is -1.90. The zero-order chi connectivity index (χ0) is 11.8. The smallest absolute Gasteiger partial charge is 0.0780 e. The lowest BCUT2D eigenvalue weighted by Gasteiger charge is -2.08. The second-order valence-corrected chi connectivity index (χ2v) is 4.78. The molecule has 0 saturated carbocycles. The molecule has 84 valence electrons. The minimum absolute atomic E-state index is 0.526. The average Bonchev–Trinajstić information content (AvgIpc) is 2.38. The molecule has 17 heavy (non-hydrogen) atoms. The summed E-state index contributed by atoms with van der Waals surface area (Å²) in [6.07, 6.45) is 2.00. The van der Waals surface area contributed by atoms with Gasteiger partial charge in [-0.3, -0.25) is 4.98 Å². The first kappa shape index (κ1) is 10.3. The molecule has 0 unspecified atom stereocenters. The van der Waals surface area contributed by atoms with Crippen molar-refractivity contribution in [1.29, 1.82) is 0 Å². The summed E-state index contributed by atoms with van der Waals surface area (Å²) < 4.78 is 0. The molecule has 1 heterocycles. The van der Waals surface area contributed by atoms with Gasteiger partial charge in [0.1, 0.15) is 0 Å².